The molecular weight excluding hydrogens is 342 g/mol. The molecule has 1 fully saturated rings. The van der Waals surface area contributed by atoms with Crippen LogP contribution in [0.1, 0.15) is 29.7 Å². The van der Waals surface area contributed by atoms with Gasteiger partial charge in [-0.15, -0.1) is 0 Å². The first kappa shape index (κ1) is 17.5. The maximum absolute atomic E-state index is 12.7. The van der Waals surface area contributed by atoms with Gasteiger partial charge in [-0.1, -0.05) is 11.2 Å². The summed E-state index contributed by atoms with van der Waals surface area (Å²) in [6.45, 7) is 7.54. The fourth-order valence-electron chi connectivity index (χ4n) is 3.56. The van der Waals surface area contributed by atoms with Gasteiger partial charge in [-0.25, -0.2) is 4.98 Å². The Hall–Kier alpha value is -2.96. The van der Waals surface area contributed by atoms with Crippen LogP contribution in [-0.2, 0) is 4.79 Å². The number of nitrogens with one attached hydrogen (secondary N) is 1. The molecule has 7 heteroatoms. The molecule has 1 aliphatic rings. The van der Waals surface area contributed by atoms with E-state index < -0.39 is 0 Å². The van der Waals surface area contributed by atoms with Gasteiger partial charge in [0, 0.05) is 24.7 Å². The summed E-state index contributed by atoms with van der Waals surface area (Å²) in [6, 6.07) is 6.02. The van der Waals surface area contributed by atoms with Crippen LogP contribution >= 0.6 is 0 Å². The number of benzene rings is 1. The standard InChI is InChI=1S/C20H23N5O2/c1-12-4-5-16(10-13(12)2)23-19(26)15-6-8-25(9-7-15)18-17-14(3)24-27-20(17)22-11-21-18/h4-5,10-11,15H,6-9H2,1-3H3,(H,23,26). The second-order valence-electron chi connectivity index (χ2n) is 7.20. The molecule has 3 aromatic rings. The van der Waals surface area contributed by atoms with E-state index in [-0.39, 0.29) is 11.8 Å². The predicted octanol–water partition coefficient (Wildman–Crippen LogP) is 3.40. The van der Waals surface area contributed by atoms with Crippen LogP contribution in [0.5, 0.6) is 0 Å². The highest BCUT2D eigenvalue weighted by atomic mass is 16.5. The van der Waals surface area contributed by atoms with Crippen LogP contribution in [0.25, 0.3) is 11.1 Å². The summed E-state index contributed by atoms with van der Waals surface area (Å²) < 4.78 is 5.23. The third-order valence-corrected chi connectivity index (χ3v) is 5.36. The number of hydrogen-bond donors (Lipinski definition) is 1. The predicted molar refractivity (Wildman–Crippen MR) is 104 cm³/mol. The molecule has 0 bridgehead atoms. The molecule has 3 heterocycles. The van der Waals surface area contributed by atoms with Crippen molar-refractivity contribution < 1.29 is 9.32 Å². The average Bonchev–Trinajstić information content (AvgIpc) is 3.06. The Bertz CT molecular complexity index is 989. The molecule has 27 heavy (non-hydrogen) atoms. The lowest BCUT2D eigenvalue weighted by Crippen LogP contribution is -2.38. The number of aryl methyl sites for hydroxylation is 3. The van der Waals surface area contributed by atoms with Gasteiger partial charge in [0.1, 0.15) is 17.5 Å². The van der Waals surface area contributed by atoms with Gasteiger partial charge in [0.25, 0.3) is 5.71 Å². The van der Waals surface area contributed by atoms with E-state index in [1.165, 1.54) is 17.5 Å². The maximum atomic E-state index is 12.7. The number of nitrogens with zero attached hydrogens (tertiary/aromatic N) is 4. The second-order valence-corrected chi connectivity index (χ2v) is 7.20. The van der Waals surface area contributed by atoms with E-state index in [2.05, 4.69) is 39.2 Å². The molecule has 140 valence electrons. The molecule has 1 aliphatic heterocycles. The van der Waals surface area contributed by atoms with E-state index in [1.807, 2.05) is 25.1 Å². The topological polar surface area (TPSA) is 84.2 Å². The summed E-state index contributed by atoms with van der Waals surface area (Å²) in [5.74, 6) is 0.933. The van der Waals surface area contributed by atoms with Gasteiger partial charge in [-0.3, -0.25) is 4.79 Å². The lowest BCUT2D eigenvalue weighted by Gasteiger charge is -2.32. The van der Waals surface area contributed by atoms with E-state index in [0.29, 0.717) is 5.71 Å². The molecule has 0 saturated carbocycles. The third-order valence-electron chi connectivity index (χ3n) is 5.36. The van der Waals surface area contributed by atoms with Crippen LogP contribution < -0.4 is 10.2 Å². The normalized spacial score (nSPS) is 15.3. The van der Waals surface area contributed by atoms with Crippen molar-refractivity contribution in [1.29, 1.82) is 0 Å². The van der Waals surface area contributed by atoms with Crippen LogP contribution in [0.4, 0.5) is 11.5 Å². The number of carbonyl (C=O) groups is 1. The number of anilines is 2. The quantitative estimate of drug-likeness (QED) is 0.766. The lowest BCUT2D eigenvalue weighted by atomic mass is 9.95. The zero-order valence-corrected chi connectivity index (χ0v) is 15.8. The lowest BCUT2D eigenvalue weighted by molar-refractivity contribution is -0.120. The Labute approximate surface area is 157 Å². The number of aromatic nitrogens is 3. The summed E-state index contributed by atoms with van der Waals surface area (Å²) in [5, 5.41) is 7.90. The first-order chi connectivity index (χ1) is 13.0. The van der Waals surface area contributed by atoms with Crippen molar-refractivity contribution in [2.45, 2.75) is 33.6 Å². The monoisotopic (exact) mass is 365 g/mol. The van der Waals surface area contributed by atoms with Crippen LogP contribution in [0, 0.1) is 26.7 Å². The molecule has 0 aliphatic carbocycles. The molecule has 1 saturated heterocycles. The Balaban J connectivity index is 1.43. The van der Waals surface area contributed by atoms with Gasteiger partial charge >= 0.3 is 0 Å². The SMILES string of the molecule is Cc1ccc(NC(=O)C2CCN(c3ncnc4onc(C)c34)CC2)cc1C. The van der Waals surface area contributed by atoms with Gasteiger partial charge < -0.3 is 14.7 Å². The maximum Gasteiger partial charge on any atom is 0.263 e. The molecular formula is C20H23N5O2. The van der Waals surface area contributed by atoms with Gasteiger partial charge in [0.05, 0.1) is 5.69 Å². The number of piperidine rings is 1. The van der Waals surface area contributed by atoms with E-state index in [1.54, 1.807) is 0 Å². The zero-order valence-electron chi connectivity index (χ0n) is 15.8. The minimum Gasteiger partial charge on any atom is -0.356 e. The molecule has 0 radical (unpaired) electrons. The molecule has 7 nitrogen and oxygen atoms in total. The highest BCUT2D eigenvalue weighted by Gasteiger charge is 2.27. The van der Waals surface area contributed by atoms with E-state index in [9.17, 15) is 4.79 Å². The summed E-state index contributed by atoms with van der Waals surface area (Å²) in [4.78, 5) is 23.4. The van der Waals surface area contributed by atoms with E-state index >= 15 is 0 Å². The second kappa shape index (κ2) is 6.98. The summed E-state index contributed by atoms with van der Waals surface area (Å²) in [7, 11) is 0. The molecule has 1 N–H and O–H groups in total. The number of carbonyl (C=O) groups excluding carboxylic acids is 1. The highest BCUT2D eigenvalue weighted by molar-refractivity contribution is 5.93. The first-order valence-electron chi connectivity index (χ1n) is 9.23. The zero-order chi connectivity index (χ0) is 19.0. The van der Waals surface area contributed by atoms with Crippen LogP contribution in [0.2, 0.25) is 0 Å². The van der Waals surface area contributed by atoms with E-state index in [0.717, 1.165) is 48.5 Å². The molecule has 0 spiro atoms. The molecule has 0 atom stereocenters. The van der Waals surface area contributed by atoms with Crippen LogP contribution in [0.3, 0.4) is 0 Å². The van der Waals surface area contributed by atoms with Crippen molar-refractivity contribution in [3.05, 3.63) is 41.3 Å². The molecule has 4 rings (SSSR count). The van der Waals surface area contributed by atoms with Gasteiger partial charge in [-0.05, 0) is 56.9 Å². The van der Waals surface area contributed by atoms with Crippen molar-refractivity contribution >= 4 is 28.5 Å². The number of fused-ring (bicyclic) bond motifs is 1. The Morgan fingerprint density at radius 3 is 2.67 bits per heavy atom. The van der Waals surface area contributed by atoms with Crippen LogP contribution in [-0.4, -0.2) is 34.1 Å². The number of rotatable bonds is 3. The fraction of sp³-hybridized carbons (Fsp3) is 0.400. The summed E-state index contributed by atoms with van der Waals surface area (Å²) in [5.41, 5.74) is 4.56. The number of hydrogen-bond acceptors (Lipinski definition) is 6. The minimum atomic E-state index is 0.00348. The highest BCUT2D eigenvalue weighted by Crippen LogP contribution is 2.29. The van der Waals surface area contributed by atoms with Crippen molar-refractivity contribution in [3.8, 4) is 0 Å². The smallest absolute Gasteiger partial charge is 0.263 e. The van der Waals surface area contributed by atoms with Gasteiger partial charge in [-0.2, -0.15) is 4.98 Å². The Morgan fingerprint density at radius 1 is 1.15 bits per heavy atom. The van der Waals surface area contributed by atoms with E-state index in [4.69, 9.17) is 4.52 Å². The van der Waals surface area contributed by atoms with Gasteiger partial charge in [0.2, 0.25) is 5.91 Å². The van der Waals surface area contributed by atoms with Crippen molar-refractivity contribution in [2.24, 2.45) is 5.92 Å². The van der Waals surface area contributed by atoms with Crippen LogP contribution in [0.15, 0.2) is 29.0 Å². The first-order valence-corrected chi connectivity index (χ1v) is 9.23. The average molecular weight is 365 g/mol. The molecule has 1 amide bonds. The largest absolute Gasteiger partial charge is 0.356 e. The molecule has 0 unspecified atom stereocenters. The fourth-order valence-corrected chi connectivity index (χ4v) is 3.56. The van der Waals surface area contributed by atoms with Crippen molar-refractivity contribution in [1.82, 2.24) is 15.1 Å². The molecule has 2 aromatic heterocycles. The summed E-state index contributed by atoms with van der Waals surface area (Å²) >= 11 is 0. The third kappa shape index (κ3) is 3.37. The molecule has 1 aromatic carbocycles. The van der Waals surface area contributed by atoms with Crippen molar-refractivity contribution in [2.75, 3.05) is 23.3 Å². The summed E-state index contributed by atoms with van der Waals surface area (Å²) in [6.07, 6.45) is 3.07. The van der Waals surface area contributed by atoms with Gasteiger partial charge in [0.15, 0.2) is 0 Å². The van der Waals surface area contributed by atoms with Crippen molar-refractivity contribution in [3.63, 3.8) is 0 Å². The Morgan fingerprint density at radius 2 is 1.93 bits per heavy atom. The number of amides is 1. The Kier molecular flexibility index (Phi) is 4.51. The minimum absolute atomic E-state index is 0.00348.